The number of fused-ring (bicyclic) bond motifs is 2. The smallest absolute Gasteiger partial charge is 0.253 e. The monoisotopic (exact) mass is 429 g/mol. The molecule has 31 heavy (non-hydrogen) atoms. The number of rotatable bonds is 4. The number of pyridine rings is 1. The lowest BCUT2D eigenvalue weighted by molar-refractivity contribution is -0.0179. The van der Waals surface area contributed by atoms with Crippen molar-refractivity contribution in [1.29, 1.82) is 0 Å². The van der Waals surface area contributed by atoms with Crippen molar-refractivity contribution in [3.63, 3.8) is 0 Å². The van der Waals surface area contributed by atoms with Gasteiger partial charge in [-0.1, -0.05) is 0 Å². The second-order valence-electron chi connectivity index (χ2n) is 7.98. The third kappa shape index (κ3) is 3.22. The van der Waals surface area contributed by atoms with Gasteiger partial charge in [-0.25, -0.2) is 14.4 Å². The maximum Gasteiger partial charge on any atom is 0.253 e. The molecule has 1 fully saturated rings. The van der Waals surface area contributed by atoms with Crippen molar-refractivity contribution in [2.75, 3.05) is 13.7 Å². The number of ether oxygens (including phenoxy) is 2. The quantitative estimate of drug-likeness (QED) is 0.564. The van der Waals surface area contributed by atoms with Crippen LogP contribution >= 0.6 is 0 Å². The molecule has 1 aliphatic heterocycles. The molecule has 3 N–H and O–H groups in total. The van der Waals surface area contributed by atoms with Crippen LogP contribution in [0.4, 0.5) is 4.39 Å². The highest BCUT2D eigenvalue weighted by Gasteiger charge is 2.45. The van der Waals surface area contributed by atoms with Gasteiger partial charge in [0.05, 0.1) is 18.8 Å². The summed E-state index contributed by atoms with van der Waals surface area (Å²) >= 11 is 0. The topological polar surface area (TPSA) is 115 Å². The fraction of sp³-hybridized carbons (Fsp3) is 0.476. The van der Waals surface area contributed by atoms with Crippen LogP contribution in [0.15, 0.2) is 18.6 Å². The molecule has 0 aromatic carbocycles. The van der Waals surface area contributed by atoms with Crippen LogP contribution in [0.2, 0.25) is 0 Å². The summed E-state index contributed by atoms with van der Waals surface area (Å²) in [5.41, 5.74) is 2.65. The predicted octanol–water partition coefficient (Wildman–Crippen LogP) is 1.04. The molecule has 1 saturated carbocycles. The van der Waals surface area contributed by atoms with Gasteiger partial charge in [-0.2, -0.15) is 4.98 Å². The van der Waals surface area contributed by atoms with E-state index in [0.29, 0.717) is 42.7 Å². The summed E-state index contributed by atoms with van der Waals surface area (Å²) in [6.45, 7) is 2.95. The molecule has 9 nitrogen and oxygen atoms in total. The molecular formula is C21H24FN5O4. The molecule has 164 valence electrons. The Hall–Kier alpha value is -2.82. The Bertz CT molecular complexity index is 1140. The van der Waals surface area contributed by atoms with Gasteiger partial charge in [0.25, 0.3) is 5.88 Å². The second-order valence-corrected chi connectivity index (χ2v) is 7.98. The minimum Gasteiger partial charge on any atom is -0.479 e. The zero-order chi connectivity index (χ0) is 21.7. The predicted molar refractivity (Wildman–Crippen MR) is 109 cm³/mol. The largest absolute Gasteiger partial charge is 0.479 e. The number of hydrogen-bond donors (Lipinski definition) is 3. The van der Waals surface area contributed by atoms with Crippen LogP contribution in [0.3, 0.4) is 0 Å². The number of methoxy groups -OCH3 is 1. The molecule has 0 amide bonds. The SMILES string of the molecule is COc1nc(O[C@H]2C[C@@H](n3ccc4c(C)ncnc43)[C@H](O)[C@@H]2O)c2c(c1F)CCNC2. The maximum atomic E-state index is 14.6. The average molecular weight is 429 g/mol. The van der Waals surface area contributed by atoms with Crippen molar-refractivity contribution >= 4 is 11.0 Å². The van der Waals surface area contributed by atoms with E-state index in [0.717, 1.165) is 11.1 Å². The standard InChI is InChI=1S/C21H24FN5O4/c1-10-11-4-6-27(19(11)25-9-24-10)14-7-15(18(29)17(14)28)31-20-13-8-23-5-3-12(13)16(22)21(26-20)30-2/h4,6,9,14-15,17-18,23,28-29H,3,5,7-8H2,1-2H3/t14-,15+,17+,18-/m1/s1. The Labute approximate surface area is 177 Å². The normalized spacial score (nSPS) is 25.6. The molecule has 4 atom stereocenters. The van der Waals surface area contributed by atoms with Gasteiger partial charge in [-0.3, -0.25) is 0 Å². The third-order valence-corrected chi connectivity index (χ3v) is 6.25. The van der Waals surface area contributed by atoms with Gasteiger partial charge in [0, 0.05) is 35.7 Å². The molecule has 3 aromatic rings. The van der Waals surface area contributed by atoms with Crippen LogP contribution in [0, 0.1) is 12.7 Å². The lowest BCUT2D eigenvalue weighted by atomic mass is 10.0. The number of nitrogens with one attached hydrogen (secondary N) is 1. The van der Waals surface area contributed by atoms with Gasteiger partial charge in [-0.05, 0) is 26.0 Å². The maximum absolute atomic E-state index is 14.6. The van der Waals surface area contributed by atoms with Crippen LogP contribution in [0.1, 0.15) is 29.3 Å². The van der Waals surface area contributed by atoms with E-state index in [-0.39, 0.29) is 11.8 Å². The van der Waals surface area contributed by atoms with E-state index in [4.69, 9.17) is 9.47 Å². The van der Waals surface area contributed by atoms with Gasteiger partial charge in [-0.15, -0.1) is 0 Å². The highest BCUT2D eigenvalue weighted by molar-refractivity contribution is 5.78. The summed E-state index contributed by atoms with van der Waals surface area (Å²) < 4.78 is 27.6. The minimum atomic E-state index is -1.14. The molecular weight excluding hydrogens is 405 g/mol. The number of aromatic nitrogens is 4. The van der Waals surface area contributed by atoms with Crippen molar-refractivity contribution in [1.82, 2.24) is 24.8 Å². The van der Waals surface area contributed by atoms with Gasteiger partial charge in [0.2, 0.25) is 5.88 Å². The average Bonchev–Trinajstić information content (AvgIpc) is 3.33. The fourth-order valence-corrected chi connectivity index (χ4v) is 4.57. The van der Waals surface area contributed by atoms with Gasteiger partial charge < -0.3 is 29.6 Å². The van der Waals surface area contributed by atoms with Crippen LogP contribution in [0.5, 0.6) is 11.8 Å². The van der Waals surface area contributed by atoms with Crippen molar-refractivity contribution in [3.05, 3.63) is 41.2 Å². The number of nitrogens with zero attached hydrogens (tertiary/aromatic N) is 4. The van der Waals surface area contributed by atoms with E-state index in [1.54, 1.807) is 0 Å². The summed E-state index contributed by atoms with van der Waals surface area (Å²) in [5.74, 6) is -0.401. The first kappa shape index (κ1) is 20.1. The Balaban J connectivity index is 1.47. The summed E-state index contributed by atoms with van der Waals surface area (Å²) in [7, 11) is 1.36. The molecule has 0 radical (unpaired) electrons. The lowest BCUT2D eigenvalue weighted by Crippen LogP contribution is -2.35. The highest BCUT2D eigenvalue weighted by atomic mass is 19.1. The molecule has 0 unspecified atom stereocenters. The van der Waals surface area contributed by atoms with Crippen molar-refractivity contribution in [2.45, 2.75) is 50.7 Å². The number of aryl methyl sites for hydroxylation is 1. The molecule has 0 bridgehead atoms. The Kier molecular flexibility index (Phi) is 4.99. The summed E-state index contributed by atoms with van der Waals surface area (Å²) in [6.07, 6.45) is 1.20. The highest BCUT2D eigenvalue weighted by Crippen LogP contribution is 2.38. The third-order valence-electron chi connectivity index (χ3n) is 6.25. The number of hydrogen-bond acceptors (Lipinski definition) is 8. The summed E-state index contributed by atoms with van der Waals surface area (Å²) in [5, 5.41) is 25.6. The minimum absolute atomic E-state index is 0.135. The van der Waals surface area contributed by atoms with Gasteiger partial charge >= 0.3 is 0 Å². The number of halogens is 1. The van der Waals surface area contributed by atoms with E-state index in [2.05, 4.69) is 20.3 Å². The van der Waals surface area contributed by atoms with Gasteiger partial charge in [0.1, 0.15) is 30.3 Å². The first-order chi connectivity index (χ1) is 15.0. The van der Waals surface area contributed by atoms with E-state index in [1.807, 2.05) is 23.8 Å². The van der Waals surface area contributed by atoms with Crippen LogP contribution in [0.25, 0.3) is 11.0 Å². The fourth-order valence-electron chi connectivity index (χ4n) is 4.57. The molecule has 10 heteroatoms. The van der Waals surface area contributed by atoms with Crippen molar-refractivity contribution in [3.8, 4) is 11.8 Å². The van der Waals surface area contributed by atoms with E-state index >= 15 is 0 Å². The second kappa shape index (κ2) is 7.70. The molecule has 5 rings (SSSR count). The Morgan fingerprint density at radius 1 is 1.19 bits per heavy atom. The van der Waals surface area contributed by atoms with Crippen molar-refractivity contribution < 1.29 is 24.1 Å². The molecule has 3 aromatic heterocycles. The molecule has 4 heterocycles. The molecule has 1 aliphatic carbocycles. The van der Waals surface area contributed by atoms with Crippen LogP contribution in [-0.2, 0) is 13.0 Å². The number of aliphatic hydroxyl groups excluding tert-OH is 2. The van der Waals surface area contributed by atoms with E-state index in [9.17, 15) is 14.6 Å². The Morgan fingerprint density at radius 3 is 2.84 bits per heavy atom. The summed E-state index contributed by atoms with van der Waals surface area (Å²) in [6, 6.07) is 1.45. The van der Waals surface area contributed by atoms with Crippen LogP contribution < -0.4 is 14.8 Å². The van der Waals surface area contributed by atoms with E-state index in [1.165, 1.54) is 13.4 Å². The van der Waals surface area contributed by atoms with Gasteiger partial charge in [0.15, 0.2) is 5.82 Å². The molecule has 0 saturated heterocycles. The zero-order valence-corrected chi connectivity index (χ0v) is 17.2. The van der Waals surface area contributed by atoms with Crippen molar-refractivity contribution in [2.24, 2.45) is 0 Å². The molecule has 0 spiro atoms. The summed E-state index contributed by atoms with van der Waals surface area (Å²) in [4.78, 5) is 12.7. The first-order valence-corrected chi connectivity index (χ1v) is 10.3. The zero-order valence-electron chi connectivity index (χ0n) is 17.2. The first-order valence-electron chi connectivity index (χ1n) is 10.3. The number of aliphatic hydroxyl groups is 2. The van der Waals surface area contributed by atoms with Crippen LogP contribution in [-0.4, -0.2) is 61.7 Å². The Morgan fingerprint density at radius 2 is 2.03 bits per heavy atom. The van der Waals surface area contributed by atoms with E-state index < -0.39 is 30.2 Å². The molecule has 2 aliphatic rings. The lowest BCUT2D eigenvalue weighted by Gasteiger charge is -2.24.